The first kappa shape index (κ1) is 10.7. The monoisotopic (exact) mass is 233 g/mol. The molecule has 86 valence electrons. The zero-order valence-electron chi connectivity index (χ0n) is 9.78. The lowest BCUT2D eigenvalue weighted by Crippen LogP contribution is -2.23. The number of hydrogen-bond acceptors (Lipinski definition) is 2. The minimum Gasteiger partial charge on any atom is -0.321 e. The van der Waals surface area contributed by atoms with Crippen molar-refractivity contribution in [2.75, 3.05) is 6.26 Å². The number of nitrogens with two attached hydrogens (primary N) is 1. The van der Waals surface area contributed by atoms with Crippen molar-refractivity contribution in [2.24, 2.45) is 17.6 Å². The molecule has 0 aromatic heterocycles. The lowest BCUT2D eigenvalue weighted by Gasteiger charge is -2.12. The standard InChI is InChI=1S/C14H19NS/c1-16-11-8-6-10(7-9-11)14(15)12-4-2-3-5-13(12)14/h6-9,12-13H,2-5,15H2,1H3. The Labute approximate surface area is 102 Å². The van der Waals surface area contributed by atoms with E-state index < -0.39 is 0 Å². The molecule has 16 heavy (non-hydrogen) atoms. The summed E-state index contributed by atoms with van der Waals surface area (Å²) in [5.41, 5.74) is 7.99. The van der Waals surface area contributed by atoms with Gasteiger partial charge >= 0.3 is 0 Å². The Morgan fingerprint density at radius 1 is 1.12 bits per heavy atom. The normalized spacial score (nSPS) is 36.9. The van der Waals surface area contributed by atoms with Crippen molar-refractivity contribution in [3.63, 3.8) is 0 Å². The second-order valence-electron chi connectivity index (χ2n) is 5.16. The van der Waals surface area contributed by atoms with Crippen LogP contribution in [0.3, 0.4) is 0 Å². The van der Waals surface area contributed by atoms with Crippen LogP contribution >= 0.6 is 11.8 Å². The molecule has 0 heterocycles. The van der Waals surface area contributed by atoms with Crippen molar-refractivity contribution in [2.45, 2.75) is 36.1 Å². The van der Waals surface area contributed by atoms with Gasteiger partial charge in [0.05, 0.1) is 0 Å². The number of hydrogen-bond donors (Lipinski definition) is 1. The highest BCUT2D eigenvalue weighted by molar-refractivity contribution is 7.98. The summed E-state index contributed by atoms with van der Waals surface area (Å²) in [6.45, 7) is 0. The van der Waals surface area contributed by atoms with Crippen LogP contribution in [0.4, 0.5) is 0 Å². The van der Waals surface area contributed by atoms with Crippen LogP contribution in [0.25, 0.3) is 0 Å². The zero-order valence-corrected chi connectivity index (χ0v) is 10.6. The van der Waals surface area contributed by atoms with Crippen molar-refractivity contribution >= 4 is 11.8 Å². The largest absolute Gasteiger partial charge is 0.321 e. The molecule has 2 atom stereocenters. The molecule has 2 unspecified atom stereocenters. The molecular weight excluding hydrogens is 214 g/mol. The van der Waals surface area contributed by atoms with Gasteiger partial charge in [-0.15, -0.1) is 11.8 Å². The minimum absolute atomic E-state index is 0.0213. The third-order valence-corrected chi connectivity index (χ3v) is 5.22. The van der Waals surface area contributed by atoms with E-state index in [-0.39, 0.29) is 5.54 Å². The summed E-state index contributed by atoms with van der Waals surface area (Å²) in [5.74, 6) is 1.53. The fourth-order valence-corrected chi connectivity index (χ4v) is 3.89. The third kappa shape index (κ3) is 1.43. The summed E-state index contributed by atoms with van der Waals surface area (Å²) in [5, 5.41) is 0. The van der Waals surface area contributed by atoms with Crippen LogP contribution in [0.2, 0.25) is 0 Å². The van der Waals surface area contributed by atoms with E-state index in [2.05, 4.69) is 30.5 Å². The van der Waals surface area contributed by atoms with Crippen LogP contribution in [0.5, 0.6) is 0 Å². The topological polar surface area (TPSA) is 26.0 Å². The van der Waals surface area contributed by atoms with E-state index in [1.165, 1.54) is 36.1 Å². The van der Waals surface area contributed by atoms with Crippen LogP contribution in [-0.4, -0.2) is 6.26 Å². The van der Waals surface area contributed by atoms with Crippen molar-refractivity contribution in [3.05, 3.63) is 29.8 Å². The van der Waals surface area contributed by atoms with Crippen molar-refractivity contribution < 1.29 is 0 Å². The van der Waals surface area contributed by atoms with E-state index in [4.69, 9.17) is 5.73 Å². The average molecular weight is 233 g/mol. The molecule has 2 N–H and O–H groups in total. The number of rotatable bonds is 2. The highest BCUT2D eigenvalue weighted by atomic mass is 32.2. The number of fused-ring (bicyclic) bond motifs is 1. The van der Waals surface area contributed by atoms with E-state index in [0.717, 1.165) is 11.8 Å². The number of benzene rings is 1. The highest BCUT2D eigenvalue weighted by Gasteiger charge is 2.62. The van der Waals surface area contributed by atoms with Gasteiger partial charge in [-0.2, -0.15) is 0 Å². The van der Waals surface area contributed by atoms with E-state index >= 15 is 0 Å². The first-order valence-electron chi connectivity index (χ1n) is 6.20. The first-order valence-corrected chi connectivity index (χ1v) is 7.42. The van der Waals surface area contributed by atoms with Crippen molar-refractivity contribution in [1.29, 1.82) is 0 Å². The van der Waals surface area contributed by atoms with Gasteiger partial charge in [-0.25, -0.2) is 0 Å². The Balaban J connectivity index is 1.86. The zero-order chi connectivity index (χ0) is 11.2. The van der Waals surface area contributed by atoms with Gasteiger partial charge in [-0.3, -0.25) is 0 Å². The van der Waals surface area contributed by atoms with Gasteiger partial charge < -0.3 is 5.73 Å². The molecule has 0 amide bonds. The van der Waals surface area contributed by atoms with Crippen LogP contribution < -0.4 is 5.73 Å². The molecule has 3 rings (SSSR count). The Morgan fingerprint density at radius 2 is 1.69 bits per heavy atom. The molecule has 0 bridgehead atoms. The third-order valence-electron chi connectivity index (χ3n) is 4.47. The predicted octanol–water partition coefficient (Wildman–Crippen LogP) is 3.38. The Hall–Kier alpha value is -0.470. The molecule has 1 aromatic carbocycles. The fourth-order valence-electron chi connectivity index (χ4n) is 3.48. The quantitative estimate of drug-likeness (QED) is 0.792. The van der Waals surface area contributed by atoms with Gasteiger partial charge in [-0.1, -0.05) is 25.0 Å². The molecule has 0 radical (unpaired) electrons. The predicted molar refractivity (Wildman–Crippen MR) is 69.5 cm³/mol. The van der Waals surface area contributed by atoms with Gasteiger partial charge in [0.1, 0.15) is 0 Å². The lowest BCUT2D eigenvalue weighted by molar-refractivity contribution is 0.480. The molecular formula is C14H19NS. The van der Waals surface area contributed by atoms with Gasteiger partial charge in [0.2, 0.25) is 0 Å². The summed E-state index contributed by atoms with van der Waals surface area (Å²) in [7, 11) is 0. The maximum atomic E-state index is 6.60. The van der Waals surface area contributed by atoms with Gasteiger partial charge in [-0.05, 0) is 48.6 Å². The summed E-state index contributed by atoms with van der Waals surface area (Å²) in [4.78, 5) is 1.33. The Morgan fingerprint density at radius 3 is 2.19 bits per heavy atom. The maximum Gasteiger partial charge on any atom is 0.0473 e. The van der Waals surface area contributed by atoms with Crippen LogP contribution in [0.1, 0.15) is 31.2 Å². The molecule has 2 aliphatic rings. The summed E-state index contributed by atoms with van der Waals surface area (Å²) in [6, 6.07) is 8.90. The molecule has 1 aromatic rings. The number of thioether (sulfide) groups is 1. The molecule has 0 saturated heterocycles. The van der Waals surface area contributed by atoms with Gasteiger partial charge in [0.15, 0.2) is 0 Å². The Kier molecular flexibility index (Phi) is 2.52. The molecule has 1 nitrogen and oxygen atoms in total. The van der Waals surface area contributed by atoms with Gasteiger partial charge in [0.25, 0.3) is 0 Å². The second kappa shape index (κ2) is 3.78. The van der Waals surface area contributed by atoms with Crippen molar-refractivity contribution in [1.82, 2.24) is 0 Å². The molecule has 2 aliphatic carbocycles. The van der Waals surface area contributed by atoms with Crippen LogP contribution in [-0.2, 0) is 5.54 Å². The Bertz CT molecular complexity index is 372. The summed E-state index contributed by atoms with van der Waals surface area (Å²) in [6.07, 6.45) is 7.55. The van der Waals surface area contributed by atoms with Crippen molar-refractivity contribution in [3.8, 4) is 0 Å². The molecule has 0 spiro atoms. The second-order valence-corrected chi connectivity index (χ2v) is 6.04. The minimum atomic E-state index is 0.0213. The van der Waals surface area contributed by atoms with Gasteiger partial charge in [0, 0.05) is 10.4 Å². The smallest absolute Gasteiger partial charge is 0.0473 e. The van der Waals surface area contributed by atoms with E-state index in [0.29, 0.717) is 0 Å². The van der Waals surface area contributed by atoms with E-state index in [9.17, 15) is 0 Å². The molecule has 2 fully saturated rings. The first-order chi connectivity index (χ1) is 7.76. The molecule has 0 aliphatic heterocycles. The van der Waals surface area contributed by atoms with Crippen LogP contribution in [0.15, 0.2) is 29.2 Å². The lowest BCUT2D eigenvalue weighted by atomic mass is 10.0. The summed E-state index contributed by atoms with van der Waals surface area (Å²) >= 11 is 1.79. The average Bonchev–Trinajstić information content (AvgIpc) is 2.98. The van der Waals surface area contributed by atoms with E-state index in [1.807, 2.05) is 0 Å². The fraction of sp³-hybridized carbons (Fsp3) is 0.571. The summed E-state index contributed by atoms with van der Waals surface area (Å²) < 4.78 is 0. The van der Waals surface area contributed by atoms with E-state index in [1.54, 1.807) is 11.8 Å². The highest BCUT2D eigenvalue weighted by Crippen LogP contribution is 2.62. The molecule has 2 saturated carbocycles. The SMILES string of the molecule is CSc1ccc(C2(N)C3CCCCC32)cc1. The molecule has 2 heteroatoms. The maximum absolute atomic E-state index is 6.60. The van der Waals surface area contributed by atoms with Crippen LogP contribution in [0, 0.1) is 11.8 Å².